The number of nitrogens with zero attached hydrogens (tertiary/aromatic N) is 2. The highest BCUT2D eigenvalue weighted by atomic mass is 32.2. The number of anilines is 1. The Balaban J connectivity index is 1.21. The highest BCUT2D eigenvalue weighted by molar-refractivity contribution is 7.89. The van der Waals surface area contributed by atoms with E-state index in [2.05, 4.69) is 15.3 Å². The van der Waals surface area contributed by atoms with Crippen LogP contribution < -0.4 is 5.32 Å². The number of benzene rings is 3. The summed E-state index contributed by atoms with van der Waals surface area (Å²) in [5.74, 6) is 0.407. The van der Waals surface area contributed by atoms with Gasteiger partial charge in [-0.05, 0) is 73.5 Å². The predicted molar refractivity (Wildman–Crippen MR) is 133 cm³/mol. The Morgan fingerprint density at radius 3 is 2.22 bits per heavy atom. The smallest absolute Gasteiger partial charge is 0.342 e. The normalized spacial score (nSPS) is 15.6. The first-order valence-corrected chi connectivity index (χ1v) is 13.1. The number of carbonyl (C=O) groups is 1. The van der Waals surface area contributed by atoms with E-state index < -0.39 is 27.7 Å². The van der Waals surface area contributed by atoms with E-state index in [4.69, 9.17) is 0 Å². The number of nitrogens with one attached hydrogen (secondary N) is 2. The zero-order valence-corrected chi connectivity index (χ0v) is 20.3. The van der Waals surface area contributed by atoms with Crippen LogP contribution in [-0.2, 0) is 16.2 Å². The van der Waals surface area contributed by atoms with Crippen molar-refractivity contribution in [2.75, 3.05) is 18.4 Å². The third-order valence-electron chi connectivity index (χ3n) is 6.47. The molecule has 0 bridgehead atoms. The molecule has 37 heavy (non-hydrogen) atoms. The van der Waals surface area contributed by atoms with Crippen LogP contribution >= 0.6 is 0 Å². The SMILES string of the molecule is O=C(Nc1ccc(S(=O)(=O)N2CCC(c3nc4ccccc4[nH]3)CC2)cc1)c1ccc(C(F)(F)F)cc1. The van der Waals surface area contributed by atoms with Crippen molar-refractivity contribution < 1.29 is 26.4 Å². The zero-order chi connectivity index (χ0) is 26.2. The number of halogens is 3. The van der Waals surface area contributed by atoms with Gasteiger partial charge in [0.05, 0.1) is 21.5 Å². The zero-order valence-electron chi connectivity index (χ0n) is 19.5. The van der Waals surface area contributed by atoms with Crippen molar-refractivity contribution in [1.29, 1.82) is 0 Å². The second kappa shape index (κ2) is 9.64. The van der Waals surface area contributed by atoms with E-state index in [9.17, 15) is 26.4 Å². The Bertz CT molecular complexity index is 1490. The molecule has 1 aliphatic heterocycles. The van der Waals surface area contributed by atoms with E-state index in [1.807, 2.05) is 24.3 Å². The van der Waals surface area contributed by atoms with Crippen molar-refractivity contribution in [3.8, 4) is 0 Å². The van der Waals surface area contributed by atoms with E-state index in [1.54, 1.807) is 0 Å². The van der Waals surface area contributed by atoms with Crippen LogP contribution in [0.2, 0.25) is 0 Å². The minimum atomic E-state index is -4.49. The van der Waals surface area contributed by atoms with Crippen molar-refractivity contribution in [3.63, 3.8) is 0 Å². The molecular weight excluding hydrogens is 505 g/mol. The molecule has 2 heterocycles. The van der Waals surface area contributed by atoms with E-state index in [0.717, 1.165) is 41.1 Å². The molecule has 0 atom stereocenters. The molecule has 1 aliphatic rings. The number of aromatic amines is 1. The van der Waals surface area contributed by atoms with Gasteiger partial charge in [0.25, 0.3) is 5.91 Å². The first-order chi connectivity index (χ1) is 17.6. The average molecular weight is 529 g/mol. The number of piperidine rings is 1. The van der Waals surface area contributed by atoms with E-state index in [0.29, 0.717) is 31.6 Å². The third kappa shape index (κ3) is 5.23. The maximum absolute atomic E-state index is 13.2. The number of para-hydroxylation sites is 2. The molecule has 11 heteroatoms. The van der Waals surface area contributed by atoms with E-state index >= 15 is 0 Å². The van der Waals surface area contributed by atoms with Gasteiger partial charge < -0.3 is 10.3 Å². The first kappa shape index (κ1) is 25.0. The number of hydrogen-bond acceptors (Lipinski definition) is 4. The first-order valence-electron chi connectivity index (χ1n) is 11.6. The lowest BCUT2D eigenvalue weighted by molar-refractivity contribution is -0.137. The maximum atomic E-state index is 13.2. The molecule has 5 rings (SSSR count). The summed E-state index contributed by atoms with van der Waals surface area (Å²) in [6, 6.07) is 17.3. The van der Waals surface area contributed by atoms with E-state index in [-0.39, 0.29) is 16.4 Å². The summed E-state index contributed by atoms with van der Waals surface area (Å²) in [4.78, 5) is 20.5. The number of sulfonamides is 1. The Morgan fingerprint density at radius 2 is 1.59 bits per heavy atom. The molecule has 3 aromatic carbocycles. The lowest BCUT2D eigenvalue weighted by Gasteiger charge is -2.30. The molecule has 192 valence electrons. The number of aromatic nitrogens is 2. The molecular formula is C26H23F3N4O3S. The van der Waals surface area contributed by atoms with Crippen LogP contribution in [0.15, 0.2) is 77.7 Å². The molecule has 1 fully saturated rings. The Labute approximate surface area is 211 Å². The third-order valence-corrected chi connectivity index (χ3v) is 8.39. The number of imidazole rings is 1. The molecule has 1 amide bonds. The van der Waals surface area contributed by atoms with Gasteiger partial charge in [-0.2, -0.15) is 17.5 Å². The Hall–Kier alpha value is -3.70. The molecule has 1 aromatic heterocycles. The lowest BCUT2D eigenvalue weighted by atomic mass is 9.97. The quantitative estimate of drug-likeness (QED) is 0.363. The summed E-state index contributed by atoms with van der Waals surface area (Å²) in [5.41, 5.74) is 1.38. The summed E-state index contributed by atoms with van der Waals surface area (Å²) in [5, 5.41) is 2.57. The fraction of sp³-hybridized carbons (Fsp3) is 0.231. The van der Waals surface area contributed by atoms with Gasteiger partial charge in [-0.25, -0.2) is 13.4 Å². The van der Waals surface area contributed by atoms with E-state index in [1.165, 1.54) is 28.6 Å². The van der Waals surface area contributed by atoms with Gasteiger partial charge in [0.1, 0.15) is 5.82 Å². The van der Waals surface area contributed by atoms with Crippen molar-refractivity contribution in [1.82, 2.24) is 14.3 Å². The largest absolute Gasteiger partial charge is 0.416 e. The molecule has 0 spiro atoms. The number of amides is 1. The summed E-state index contributed by atoms with van der Waals surface area (Å²) >= 11 is 0. The van der Waals surface area contributed by atoms with Crippen molar-refractivity contribution >= 4 is 32.7 Å². The van der Waals surface area contributed by atoms with Gasteiger partial charge in [-0.15, -0.1) is 0 Å². The van der Waals surface area contributed by atoms with Crippen LogP contribution in [0.4, 0.5) is 18.9 Å². The molecule has 2 N–H and O–H groups in total. The average Bonchev–Trinajstić information content (AvgIpc) is 3.33. The van der Waals surface area contributed by atoms with Gasteiger partial charge in [0.15, 0.2) is 0 Å². The predicted octanol–water partition coefficient (Wildman–Crippen LogP) is 5.40. The van der Waals surface area contributed by atoms with Gasteiger partial charge in [-0.3, -0.25) is 4.79 Å². The fourth-order valence-electron chi connectivity index (χ4n) is 4.41. The molecule has 7 nitrogen and oxygen atoms in total. The summed E-state index contributed by atoms with van der Waals surface area (Å²) < 4.78 is 65.9. The molecule has 0 saturated carbocycles. The standard InChI is InChI=1S/C26H23F3N4O3S/c27-26(28,29)19-7-5-18(6-8-19)25(34)30-20-9-11-21(12-10-20)37(35,36)33-15-13-17(14-16-33)24-31-22-3-1-2-4-23(22)32-24/h1-12,17H,13-16H2,(H,30,34)(H,31,32). The lowest BCUT2D eigenvalue weighted by Crippen LogP contribution is -2.38. The van der Waals surface area contributed by atoms with Crippen LogP contribution in [0.1, 0.15) is 40.5 Å². The van der Waals surface area contributed by atoms with Crippen LogP contribution in [0.25, 0.3) is 11.0 Å². The summed E-state index contributed by atoms with van der Waals surface area (Å²) in [6.45, 7) is 0.715. The summed E-state index contributed by atoms with van der Waals surface area (Å²) in [7, 11) is -3.72. The Kier molecular flexibility index (Phi) is 6.50. The minimum absolute atomic E-state index is 0.0528. The number of H-pyrrole nitrogens is 1. The fourth-order valence-corrected chi connectivity index (χ4v) is 5.88. The van der Waals surface area contributed by atoms with Crippen molar-refractivity contribution in [2.45, 2.75) is 29.8 Å². The number of alkyl halides is 3. The number of rotatable bonds is 5. The molecule has 0 aliphatic carbocycles. The van der Waals surface area contributed by atoms with Gasteiger partial charge >= 0.3 is 6.18 Å². The molecule has 1 saturated heterocycles. The van der Waals surface area contributed by atoms with Crippen LogP contribution in [0.3, 0.4) is 0 Å². The van der Waals surface area contributed by atoms with Crippen LogP contribution in [0.5, 0.6) is 0 Å². The van der Waals surface area contributed by atoms with Crippen molar-refractivity contribution in [2.24, 2.45) is 0 Å². The molecule has 4 aromatic rings. The minimum Gasteiger partial charge on any atom is -0.342 e. The van der Waals surface area contributed by atoms with Gasteiger partial charge in [0.2, 0.25) is 10.0 Å². The highest BCUT2D eigenvalue weighted by Crippen LogP contribution is 2.31. The molecule has 0 unspecified atom stereocenters. The second-order valence-corrected chi connectivity index (χ2v) is 10.8. The van der Waals surface area contributed by atoms with Crippen LogP contribution in [-0.4, -0.2) is 41.7 Å². The second-order valence-electron chi connectivity index (χ2n) is 8.87. The number of carbonyl (C=O) groups excluding carboxylic acids is 1. The highest BCUT2D eigenvalue weighted by Gasteiger charge is 2.32. The van der Waals surface area contributed by atoms with Gasteiger partial charge in [0, 0.05) is 30.3 Å². The topological polar surface area (TPSA) is 95.2 Å². The summed E-state index contributed by atoms with van der Waals surface area (Å²) in [6.07, 6.45) is -3.21. The van der Waals surface area contributed by atoms with Crippen molar-refractivity contribution in [3.05, 3.63) is 89.7 Å². The van der Waals surface area contributed by atoms with Gasteiger partial charge in [-0.1, -0.05) is 12.1 Å². The van der Waals surface area contributed by atoms with Crippen LogP contribution in [0, 0.1) is 0 Å². The molecule has 0 radical (unpaired) electrons. The maximum Gasteiger partial charge on any atom is 0.416 e. The monoisotopic (exact) mass is 528 g/mol. The Morgan fingerprint density at radius 1 is 0.946 bits per heavy atom. The number of fused-ring (bicyclic) bond motifs is 1. The number of hydrogen-bond donors (Lipinski definition) is 2.